The first-order valence-corrected chi connectivity index (χ1v) is 10.7. The third-order valence-corrected chi connectivity index (χ3v) is 5.03. The van der Waals surface area contributed by atoms with Crippen molar-refractivity contribution in [3.8, 4) is 0 Å². The fraction of sp³-hybridized carbons (Fsp3) is 0.208. The lowest BCUT2D eigenvalue weighted by atomic mass is 10.2. The molecule has 9 heteroatoms. The summed E-state index contributed by atoms with van der Waals surface area (Å²) in [6, 6.07) is 18.2. The molecule has 0 radical (unpaired) electrons. The van der Waals surface area contributed by atoms with Crippen LogP contribution < -0.4 is 21.5 Å². The number of fused-ring (bicyclic) bond motifs is 2. The van der Waals surface area contributed by atoms with Crippen LogP contribution >= 0.6 is 0 Å². The summed E-state index contributed by atoms with van der Waals surface area (Å²) < 4.78 is 0. The molecule has 1 aromatic carbocycles. The number of carbonyl (C=O) groups excluding carboxylic acids is 2. The van der Waals surface area contributed by atoms with Gasteiger partial charge in [0.1, 0.15) is 11.5 Å². The molecule has 0 aliphatic rings. The maximum atomic E-state index is 12.1. The van der Waals surface area contributed by atoms with Crippen molar-refractivity contribution in [2.45, 2.75) is 19.4 Å². The van der Waals surface area contributed by atoms with E-state index < -0.39 is 0 Å². The average molecular weight is 444 g/mol. The predicted molar refractivity (Wildman–Crippen MR) is 127 cm³/mol. The van der Waals surface area contributed by atoms with Crippen molar-refractivity contribution in [1.29, 1.82) is 0 Å². The lowest BCUT2D eigenvalue weighted by Gasteiger charge is -2.08. The number of rotatable bonds is 9. The molecule has 9 nitrogen and oxygen atoms in total. The van der Waals surface area contributed by atoms with Gasteiger partial charge in [-0.15, -0.1) is 0 Å². The monoisotopic (exact) mass is 444 g/mol. The average Bonchev–Trinajstić information content (AvgIpc) is 2.82. The van der Waals surface area contributed by atoms with Gasteiger partial charge in [0, 0.05) is 42.8 Å². The number of aromatic amines is 1. The largest absolute Gasteiger partial charge is 0.350 e. The van der Waals surface area contributed by atoms with E-state index in [1.54, 1.807) is 12.1 Å². The zero-order chi connectivity index (χ0) is 23.0. The molecule has 0 spiro atoms. The van der Waals surface area contributed by atoms with Crippen LogP contribution in [0, 0.1) is 0 Å². The Morgan fingerprint density at radius 1 is 0.818 bits per heavy atom. The van der Waals surface area contributed by atoms with Crippen LogP contribution in [0.15, 0.2) is 65.5 Å². The number of anilines is 1. The number of aromatic nitrogens is 3. The molecule has 4 rings (SSSR count). The molecule has 0 bridgehead atoms. The van der Waals surface area contributed by atoms with Gasteiger partial charge in [-0.05, 0) is 36.4 Å². The summed E-state index contributed by atoms with van der Waals surface area (Å²) in [5.74, 6) is 0.246. The zero-order valence-corrected chi connectivity index (χ0v) is 17.9. The molecule has 3 aromatic heterocycles. The molecule has 4 N–H and O–H groups in total. The molecule has 0 atom stereocenters. The van der Waals surface area contributed by atoms with Crippen LogP contribution in [0.2, 0.25) is 0 Å². The second-order valence-electron chi connectivity index (χ2n) is 7.53. The molecule has 33 heavy (non-hydrogen) atoms. The minimum atomic E-state index is -0.218. The maximum absolute atomic E-state index is 12.1. The molecule has 0 aliphatic heterocycles. The lowest BCUT2D eigenvalue weighted by Crippen LogP contribution is -2.29. The highest BCUT2D eigenvalue weighted by atomic mass is 16.2. The Morgan fingerprint density at radius 2 is 1.58 bits per heavy atom. The van der Waals surface area contributed by atoms with Crippen molar-refractivity contribution in [3.63, 3.8) is 0 Å². The van der Waals surface area contributed by atoms with E-state index in [0.717, 1.165) is 16.3 Å². The van der Waals surface area contributed by atoms with Crippen LogP contribution in [0.4, 0.5) is 5.82 Å². The molecule has 0 fully saturated rings. The van der Waals surface area contributed by atoms with E-state index in [1.165, 1.54) is 6.07 Å². The highest BCUT2D eigenvalue weighted by Crippen LogP contribution is 2.14. The summed E-state index contributed by atoms with van der Waals surface area (Å²) in [6.45, 7) is 1.17. The van der Waals surface area contributed by atoms with Gasteiger partial charge in [-0.2, -0.15) is 0 Å². The van der Waals surface area contributed by atoms with E-state index in [1.807, 2.05) is 42.5 Å². The quantitative estimate of drug-likeness (QED) is 0.293. The lowest BCUT2D eigenvalue weighted by molar-refractivity contribution is -0.121. The van der Waals surface area contributed by atoms with Crippen molar-refractivity contribution < 1.29 is 9.59 Å². The van der Waals surface area contributed by atoms with Crippen LogP contribution in [-0.4, -0.2) is 39.9 Å². The minimum Gasteiger partial charge on any atom is -0.350 e. The first-order valence-electron chi connectivity index (χ1n) is 10.7. The first kappa shape index (κ1) is 22.1. The first-order chi connectivity index (χ1) is 16.1. The third-order valence-electron chi connectivity index (χ3n) is 5.03. The van der Waals surface area contributed by atoms with Crippen molar-refractivity contribution in [2.24, 2.45) is 0 Å². The highest BCUT2D eigenvalue weighted by molar-refractivity contribution is 5.91. The number of carbonyl (C=O) groups is 2. The van der Waals surface area contributed by atoms with Crippen LogP contribution in [-0.2, 0) is 16.1 Å². The van der Waals surface area contributed by atoms with Gasteiger partial charge >= 0.3 is 0 Å². The molecule has 0 unspecified atom stereocenters. The number of hydrogen-bond donors (Lipinski definition) is 4. The fourth-order valence-electron chi connectivity index (χ4n) is 3.31. The summed E-state index contributed by atoms with van der Waals surface area (Å²) in [5.41, 5.74) is 1.76. The summed E-state index contributed by atoms with van der Waals surface area (Å²) >= 11 is 0. The van der Waals surface area contributed by atoms with Gasteiger partial charge in [0.25, 0.3) is 0 Å². The number of H-pyrrole nitrogens is 1. The maximum Gasteiger partial charge on any atom is 0.249 e. The molecular weight excluding hydrogens is 420 g/mol. The smallest absolute Gasteiger partial charge is 0.249 e. The third kappa shape index (κ3) is 6.20. The van der Waals surface area contributed by atoms with Crippen LogP contribution in [0.25, 0.3) is 21.9 Å². The minimum absolute atomic E-state index is 0.129. The molecule has 0 aliphatic carbocycles. The summed E-state index contributed by atoms with van der Waals surface area (Å²) in [5, 5.41) is 10.5. The SMILES string of the molecule is O=C(CCNCCC(=O)Nc1ccc2ccccc2n1)NCc1ccc2ccc(=O)[nH]c2n1. The highest BCUT2D eigenvalue weighted by Gasteiger charge is 2.06. The van der Waals surface area contributed by atoms with Gasteiger partial charge in [0.05, 0.1) is 17.8 Å². The Bertz CT molecular complexity index is 1350. The number of hydrogen-bond acceptors (Lipinski definition) is 6. The zero-order valence-electron chi connectivity index (χ0n) is 17.9. The van der Waals surface area contributed by atoms with E-state index in [4.69, 9.17) is 0 Å². The second-order valence-corrected chi connectivity index (χ2v) is 7.53. The fourth-order valence-corrected chi connectivity index (χ4v) is 3.31. The van der Waals surface area contributed by atoms with Gasteiger partial charge in [0.2, 0.25) is 17.4 Å². The van der Waals surface area contributed by atoms with Crippen molar-refractivity contribution in [3.05, 3.63) is 76.7 Å². The number of nitrogens with one attached hydrogen (secondary N) is 4. The van der Waals surface area contributed by atoms with E-state index in [9.17, 15) is 14.4 Å². The second kappa shape index (κ2) is 10.5. The van der Waals surface area contributed by atoms with Crippen LogP contribution in [0.5, 0.6) is 0 Å². The Kier molecular flexibility index (Phi) is 7.01. The van der Waals surface area contributed by atoms with E-state index in [-0.39, 0.29) is 36.8 Å². The predicted octanol–water partition coefficient (Wildman–Crippen LogP) is 2.10. The van der Waals surface area contributed by atoms with E-state index in [2.05, 4.69) is 30.9 Å². The number of amides is 2. The van der Waals surface area contributed by atoms with E-state index in [0.29, 0.717) is 30.2 Å². The van der Waals surface area contributed by atoms with Gasteiger partial charge < -0.3 is 20.9 Å². The molecule has 2 amide bonds. The standard InChI is InChI=1S/C24H24N6O3/c31-21(26-15-18-8-5-17-7-10-22(32)30-24(17)27-18)11-13-25-14-12-23(33)29-20-9-6-16-3-1-2-4-19(16)28-20/h1-10,25H,11-15H2,(H,26,31)(H,27,30,32)(H,28,29,33). The molecule has 3 heterocycles. The van der Waals surface area contributed by atoms with Gasteiger partial charge in [-0.25, -0.2) is 9.97 Å². The molecular formula is C24H24N6O3. The van der Waals surface area contributed by atoms with Gasteiger partial charge in [-0.3, -0.25) is 14.4 Å². The number of para-hydroxylation sites is 1. The Labute approximate surface area is 189 Å². The Morgan fingerprint density at radius 3 is 2.45 bits per heavy atom. The van der Waals surface area contributed by atoms with Crippen LogP contribution in [0.3, 0.4) is 0 Å². The summed E-state index contributed by atoms with van der Waals surface area (Å²) in [6.07, 6.45) is 0.549. The molecule has 0 saturated heterocycles. The van der Waals surface area contributed by atoms with Crippen molar-refractivity contribution in [1.82, 2.24) is 25.6 Å². The molecule has 168 valence electrons. The summed E-state index contributed by atoms with van der Waals surface area (Å²) in [7, 11) is 0. The van der Waals surface area contributed by atoms with Gasteiger partial charge in [-0.1, -0.05) is 18.2 Å². The molecule has 0 saturated carbocycles. The van der Waals surface area contributed by atoms with E-state index >= 15 is 0 Å². The van der Waals surface area contributed by atoms with Crippen LogP contribution in [0.1, 0.15) is 18.5 Å². The summed E-state index contributed by atoms with van der Waals surface area (Å²) in [4.78, 5) is 47.0. The topological polar surface area (TPSA) is 129 Å². The van der Waals surface area contributed by atoms with Crippen molar-refractivity contribution >= 4 is 39.6 Å². The van der Waals surface area contributed by atoms with Gasteiger partial charge in [0.15, 0.2) is 0 Å². The molecule has 4 aromatic rings. The van der Waals surface area contributed by atoms with Crippen molar-refractivity contribution in [2.75, 3.05) is 18.4 Å². The number of nitrogens with zero attached hydrogens (tertiary/aromatic N) is 2. The number of benzene rings is 1. The number of pyridine rings is 3. The normalized spacial score (nSPS) is 10.9. The Balaban J connectivity index is 1.13. The Hall–Kier alpha value is -4.11.